The van der Waals surface area contributed by atoms with Gasteiger partial charge in [0, 0.05) is 52.0 Å². The molecule has 0 aromatic rings. The summed E-state index contributed by atoms with van der Waals surface area (Å²) in [6, 6.07) is 1.56. The summed E-state index contributed by atoms with van der Waals surface area (Å²) in [6.45, 7) is 15.7. The molecule has 1 saturated carbocycles. The maximum atomic E-state index is 4.64. The van der Waals surface area contributed by atoms with Crippen LogP contribution in [-0.4, -0.2) is 52.0 Å². The van der Waals surface area contributed by atoms with Crippen molar-refractivity contribution in [2.24, 2.45) is 0 Å². The van der Waals surface area contributed by atoms with Crippen molar-refractivity contribution in [3.63, 3.8) is 0 Å². The van der Waals surface area contributed by atoms with Gasteiger partial charge in [0.1, 0.15) is 0 Å². The Labute approximate surface area is 166 Å². The van der Waals surface area contributed by atoms with Crippen LogP contribution in [0.3, 0.4) is 0 Å². The summed E-state index contributed by atoms with van der Waals surface area (Å²) in [4.78, 5) is 0. The quantitative estimate of drug-likeness (QED) is 0.341. The van der Waals surface area contributed by atoms with Crippen molar-refractivity contribution in [3.05, 3.63) is 0 Å². The summed E-state index contributed by atoms with van der Waals surface area (Å²) < 4.78 is 0.0520. The van der Waals surface area contributed by atoms with Crippen LogP contribution in [0.5, 0.6) is 0 Å². The first-order valence-electron chi connectivity index (χ1n) is 9.11. The van der Waals surface area contributed by atoms with Crippen molar-refractivity contribution < 1.29 is 0 Å². The largest absolute Gasteiger partial charge is 0.313 e. The standard InChI is InChI=1S/C18H39N3S3/c1-16(2,22)10-19-13-7-14(20-11-17(3,4)23)9-15(8-13)21-12-18(5,6)24/h13-15,19-24H,7-12H2,1-6H3. The second-order valence-corrected chi connectivity index (χ2v) is 13.0. The molecule has 0 saturated heterocycles. The molecule has 1 aliphatic rings. The number of thiol groups is 3. The van der Waals surface area contributed by atoms with Crippen molar-refractivity contribution in [3.8, 4) is 0 Å². The number of hydrogen-bond donors (Lipinski definition) is 6. The minimum atomic E-state index is 0.0173. The summed E-state index contributed by atoms with van der Waals surface area (Å²) in [7, 11) is 0. The Morgan fingerprint density at radius 1 is 0.583 bits per heavy atom. The van der Waals surface area contributed by atoms with Gasteiger partial charge in [-0.3, -0.25) is 0 Å². The first-order chi connectivity index (χ1) is 10.7. The lowest BCUT2D eigenvalue weighted by molar-refractivity contribution is 0.242. The monoisotopic (exact) mass is 393 g/mol. The molecule has 0 spiro atoms. The average molecular weight is 394 g/mol. The van der Waals surface area contributed by atoms with Crippen LogP contribution in [0.25, 0.3) is 0 Å². The molecule has 1 fully saturated rings. The molecule has 0 amide bonds. The summed E-state index contributed by atoms with van der Waals surface area (Å²) in [5.41, 5.74) is 0. The normalized spacial score (nSPS) is 26.6. The van der Waals surface area contributed by atoms with E-state index in [0.29, 0.717) is 18.1 Å². The van der Waals surface area contributed by atoms with Gasteiger partial charge in [-0.05, 0) is 60.8 Å². The predicted molar refractivity (Wildman–Crippen MR) is 118 cm³/mol. The predicted octanol–water partition coefficient (Wildman–Crippen LogP) is 3.17. The first kappa shape index (κ1) is 23.0. The zero-order chi connectivity index (χ0) is 18.6. The van der Waals surface area contributed by atoms with Gasteiger partial charge in [0.15, 0.2) is 0 Å². The highest BCUT2D eigenvalue weighted by atomic mass is 32.1. The second kappa shape index (κ2) is 9.23. The number of hydrogen-bond acceptors (Lipinski definition) is 6. The van der Waals surface area contributed by atoms with Gasteiger partial charge in [-0.25, -0.2) is 0 Å². The minimum Gasteiger partial charge on any atom is -0.313 e. The minimum absolute atomic E-state index is 0.0173. The van der Waals surface area contributed by atoms with Crippen molar-refractivity contribution in [2.45, 2.75) is 93.2 Å². The number of rotatable bonds is 9. The van der Waals surface area contributed by atoms with Gasteiger partial charge in [-0.2, -0.15) is 37.9 Å². The van der Waals surface area contributed by atoms with Crippen LogP contribution in [0.15, 0.2) is 0 Å². The van der Waals surface area contributed by atoms with Crippen LogP contribution < -0.4 is 16.0 Å². The molecule has 6 heteroatoms. The van der Waals surface area contributed by atoms with E-state index in [2.05, 4.69) is 95.4 Å². The zero-order valence-electron chi connectivity index (χ0n) is 16.3. The summed E-state index contributed by atoms with van der Waals surface area (Å²) >= 11 is 13.9. The van der Waals surface area contributed by atoms with E-state index < -0.39 is 0 Å². The molecule has 0 unspecified atom stereocenters. The highest BCUT2D eigenvalue weighted by Gasteiger charge is 2.30. The molecule has 0 aromatic heterocycles. The van der Waals surface area contributed by atoms with E-state index in [1.807, 2.05) is 0 Å². The zero-order valence-corrected chi connectivity index (χ0v) is 19.0. The van der Waals surface area contributed by atoms with Gasteiger partial charge >= 0.3 is 0 Å². The maximum absolute atomic E-state index is 4.64. The summed E-state index contributed by atoms with van der Waals surface area (Å²) in [5, 5.41) is 11.2. The molecule has 1 rings (SSSR count). The van der Waals surface area contributed by atoms with Crippen molar-refractivity contribution in [1.29, 1.82) is 0 Å². The topological polar surface area (TPSA) is 36.1 Å². The lowest BCUT2D eigenvalue weighted by Gasteiger charge is -2.39. The lowest BCUT2D eigenvalue weighted by Crippen LogP contribution is -2.54. The van der Waals surface area contributed by atoms with Gasteiger partial charge in [0.25, 0.3) is 0 Å². The Kier molecular flexibility index (Phi) is 8.83. The SMILES string of the molecule is CC(C)(S)CNC1CC(NCC(C)(C)S)CC(NCC(C)(C)S)C1. The molecule has 0 aliphatic heterocycles. The molecule has 0 radical (unpaired) electrons. The molecule has 3 nitrogen and oxygen atoms in total. The first-order valence-corrected chi connectivity index (χ1v) is 10.4. The van der Waals surface area contributed by atoms with E-state index in [9.17, 15) is 0 Å². The molecule has 0 heterocycles. The fraction of sp³-hybridized carbons (Fsp3) is 1.00. The molecule has 0 atom stereocenters. The Bertz CT molecular complexity index is 306. The van der Waals surface area contributed by atoms with E-state index in [1.165, 1.54) is 0 Å². The van der Waals surface area contributed by atoms with Crippen LogP contribution in [0, 0.1) is 0 Å². The summed E-state index contributed by atoms with van der Waals surface area (Å²) in [6.07, 6.45) is 3.49. The van der Waals surface area contributed by atoms with E-state index in [4.69, 9.17) is 0 Å². The fourth-order valence-corrected chi connectivity index (χ4v) is 3.28. The molecular weight excluding hydrogens is 354 g/mol. The number of nitrogens with one attached hydrogen (secondary N) is 3. The van der Waals surface area contributed by atoms with E-state index in [-0.39, 0.29) is 14.2 Å². The van der Waals surface area contributed by atoms with Crippen LogP contribution >= 0.6 is 37.9 Å². The van der Waals surface area contributed by atoms with Crippen molar-refractivity contribution >= 4 is 37.9 Å². The highest BCUT2D eigenvalue weighted by Crippen LogP contribution is 2.23. The molecule has 24 heavy (non-hydrogen) atoms. The van der Waals surface area contributed by atoms with Crippen molar-refractivity contribution in [1.82, 2.24) is 16.0 Å². The van der Waals surface area contributed by atoms with Gasteiger partial charge in [-0.1, -0.05) is 0 Å². The third kappa shape index (κ3) is 11.5. The van der Waals surface area contributed by atoms with Crippen LogP contribution in [0.2, 0.25) is 0 Å². The molecule has 0 aromatic carbocycles. The fourth-order valence-electron chi connectivity index (χ4n) is 3.00. The van der Waals surface area contributed by atoms with E-state index in [0.717, 1.165) is 38.9 Å². The van der Waals surface area contributed by atoms with Crippen LogP contribution in [0.4, 0.5) is 0 Å². The third-order valence-electron chi connectivity index (χ3n) is 4.18. The Balaban J connectivity index is 2.60. The van der Waals surface area contributed by atoms with Crippen molar-refractivity contribution in [2.75, 3.05) is 19.6 Å². The van der Waals surface area contributed by atoms with Gasteiger partial charge in [-0.15, -0.1) is 0 Å². The summed E-state index contributed by atoms with van der Waals surface area (Å²) in [5.74, 6) is 0. The highest BCUT2D eigenvalue weighted by molar-refractivity contribution is 7.82. The van der Waals surface area contributed by atoms with Gasteiger partial charge in [0.2, 0.25) is 0 Å². The van der Waals surface area contributed by atoms with Crippen LogP contribution in [-0.2, 0) is 0 Å². The average Bonchev–Trinajstić information content (AvgIpc) is 2.38. The van der Waals surface area contributed by atoms with Gasteiger partial charge in [0.05, 0.1) is 0 Å². The second-order valence-electron chi connectivity index (χ2n) is 9.38. The van der Waals surface area contributed by atoms with Crippen LogP contribution in [0.1, 0.15) is 60.8 Å². The molecule has 0 bridgehead atoms. The Morgan fingerprint density at radius 2 is 0.792 bits per heavy atom. The van der Waals surface area contributed by atoms with Gasteiger partial charge < -0.3 is 16.0 Å². The molecule has 3 N–H and O–H groups in total. The third-order valence-corrected chi connectivity index (χ3v) is 4.65. The van der Waals surface area contributed by atoms with E-state index >= 15 is 0 Å². The molecule has 1 aliphatic carbocycles. The maximum Gasteiger partial charge on any atom is 0.0198 e. The Hall–Kier alpha value is 0.930. The van der Waals surface area contributed by atoms with E-state index in [1.54, 1.807) is 0 Å². The lowest BCUT2D eigenvalue weighted by atomic mass is 9.86. The molecule has 144 valence electrons. The smallest absolute Gasteiger partial charge is 0.0198 e. The Morgan fingerprint density at radius 3 is 0.958 bits per heavy atom. The molecular formula is C18H39N3S3.